The van der Waals surface area contributed by atoms with E-state index in [0.717, 1.165) is 0 Å². The predicted octanol–water partition coefficient (Wildman–Crippen LogP) is 4.77. The molecule has 2 aromatic rings. The standard InChI is InChI=1S/C12H10.C4H6O/c1-2-10-7-5-8-11-6-3-4-9-12(10)11;1-3-5-4-2/h2-9H,1H2;3-4H,1-2H2. The fourth-order valence-electron chi connectivity index (χ4n) is 1.50. The molecule has 1 nitrogen and oxygen atoms in total. The van der Waals surface area contributed by atoms with Crippen molar-refractivity contribution < 1.29 is 4.74 Å². The summed E-state index contributed by atoms with van der Waals surface area (Å²) in [5.74, 6) is 0. The van der Waals surface area contributed by atoms with Gasteiger partial charge in [0.1, 0.15) is 0 Å². The van der Waals surface area contributed by atoms with Crippen molar-refractivity contribution in [1.29, 1.82) is 0 Å². The van der Waals surface area contributed by atoms with Gasteiger partial charge >= 0.3 is 0 Å². The first-order valence-electron chi connectivity index (χ1n) is 5.31. The van der Waals surface area contributed by atoms with Crippen LogP contribution in [0, 0.1) is 0 Å². The summed E-state index contributed by atoms with van der Waals surface area (Å²) >= 11 is 0. The summed E-state index contributed by atoms with van der Waals surface area (Å²) in [6, 6.07) is 14.6. The van der Waals surface area contributed by atoms with Crippen LogP contribution < -0.4 is 0 Å². The maximum atomic E-state index is 4.36. The average Bonchev–Trinajstić information content (AvgIpc) is 2.40. The molecule has 0 heterocycles. The molecule has 0 saturated heterocycles. The van der Waals surface area contributed by atoms with E-state index in [1.807, 2.05) is 6.08 Å². The van der Waals surface area contributed by atoms with Crippen molar-refractivity contribution in [2.75, 3.05) is 0 Å². The second kappa shape index (κ2) is 7.07. The molecule has 0 atom stereocenters. The second-order valence-corrected chi connectivity index (χ2v) is 3.24. The average molecular weight is 224 g/mol. The van der Waals surface area contributed by atoms with Crippen molar-refractivity contribution in [2.45, 2.75) is 0 Å². The molecule has 0 radical (unpaired) electrons. The predicted molar refractivity (Wildman–Crippen MR) is 75.5 cm³/mol. The monoisotopic (exact) mass is 224 g/mol. The van der Waals surface area contributed by atoms with Crippen molar-refractivity contribution in [2.24, 2.45) is 0 Å². The minimum absolute atomic E-state index is 1.20. The van der Waals surface area contributed by atoms with Crippen LogP contribution in [0.15, 0.2) is 74.7 Å². The van der Waals surface area contributed by atoms with E-state index in [0.29, 0.717) is 0 Å². The molecule has 2 aromatic carbocycles. The molecular weight excluding hydrogens is 208 g/mol. The van der Waals surface area contributed by atoms with Gasteiger partial charge in [0.15, 0.2) is 0 Å². The van der Waals surface area contributed by atoms with Gasteiger partial charge in [-0.25, -0.2) is 0 Å². The molecule has 2 rings (SSSR count). The van der Waals surface area contributed by atoms with Crippen LogP contribution in [-0.2, 0) is 4.74 Å². The molecule has 0 fully saturated rings. The minimum Gasteiger partial charge on any atom is -0.474 e. The summed E-state index contributed by atoms with van der Waals surface area (Å²) in [5, 5.41) is 2.55. The van der Waals surface area contributed by atoms with Gasteiger partial charge < -0.3 is 4.74 Å². The number of benzene rings is 2. The van der Waals surface area contributed by atoms with Gasteiger partial charge in [-0.05, 0) is 16.3 Å². The molecule has 0 spiro atoms. The zero-order chi connectivity index (χ0) is 12.5. The van der Waals surface area contributed by atoms with Gasteiger partial charge in [0.2, 0.25) is 0 Å². The molecule has 0 bridgehead atoms. The van der Waals surface area contributed by atoms with Gasteiger partial charge in [0.05, 0.1) is 12.5 Å². The summed E-state index contributed by atoms with van der Waals surface area (Å²) in [5.41, 5.74) is 1.20. The molecular formula is C16H16O. The molecule has 0 aromatic heterocycles. The maximum absolute atomic E-state index is 4.36. The Balaban J connectivity index is 0.000000249. The zero-order valence-electron chi connectivity index (χ0n) is 9.80. The van der Waals surface area contributed by atoms with E-state index in [1.54, 1.807) is 0 Å². The number of hydrogen-bond donors (Lipinski definition) is 0. The molecule has 0 amide bonds. The smallest absolute Gasteiger partial charge is 0.0829 e. The molecule has 86 valence electrons. The highest BCUT2D eigenvalue weighted by Gasteiger charge is 1.93. The first-order chi connectivity index (χ1) is 8.33. The summed E-state index contributed by atoms with van der Waals surface area (Å²) in [7, 11) is 0. The lowest BCUT2D eigenvalue weighted by atomic mass is 10.1. The molecule has 0 N–H and O–H groups in total. The maximum Gasteiger partial charge on any atom is 0.0829 e. The van der Waals surface area contributed by atoms with Crippen molar-refractivity contribution >= 4 is 16.8 Å². The van der Waals surface area contributed by atoms with Crippen LogP contribution in [0.5, 0.6) is 0 Å². The first-order valence-corrected chi connectivity index (χ1v) is 5.31. The van der Waals surface area contributed by atoms with Crippen LogP contribution in [0.1, 0.15) is 5.56 Å². The number of fused-ring (bicyclic) bond motifs is 1. The Morgan fingerprint density at radius 1 is 0.824 bits per heavy atom. The van der Waals surface area contributed by atoms with E-state index >= 15 is 0 Å². The topological polar surface area (TPSA) is 9.23 Å². The van der Waals surface area contributed by atoms with Gasteiger partial charge in [0, 0.05) is 0 Å². The van der Waals surface area contributed by atoms with Gasteiger partial charge in [0.25, 0.3) is 0 Å². The first kappa shape index (κ1) is 12.8. The third-order valence-electron chi connectivity index (χ3n) is 2.24. The summed E-state index contributed by atoms with van der Waals surface area (Å²) in [4.78, 5) is 0. The molecule has 1 heteroatoms. The quantitative estimate of drug-likeness (QED) is 0.682. The summed E-state index contributed by atoms with van der Waals surface area (Å²) < 4.78 is 4.36. The largest absolute Gasteiger partial charge is 0.474 e. The molecule has 0 saturated carbocycles. The number of rotatable bonds is 3. The Kier molecular flexibility index (Phi) is 5.32. The fourth-order valence-corrected chi connectivity index (χ4v) is 1.50. The highest BCUT2D eigenvalue weighted by molar-refractivity contribution is 5.90. The summed E-state index contributed by atoms with van der Waals surface area (Å²) in [6.07, 6.45) is 4.52. The number of ether oxygens (including phenoxy) is 1. The van der Waals surface area contributed by atoms with Crippen LogP contribution >= 0.6 is 0 Å². The second-order valence-electron chi connectivity index (χ2n) is 3.24. The van der Waals surface area contributed by atoms with E-state index in [4.69, 9.17) is 0 Å². The molecule has 17 heavy (non-hydrogen) atoms. The van der Waals surface area contributed by atoms with E-state index in [9.17, 15) is 0 Å². The lowest BCUT2D eigenvalue weighted by Gasteiger charge is -1.99. The van der Waals surface area contributed by atoms with E-state index in [-0.39, 0.29) is 0 Å². The van der Waals surface area contributed by atoms with Crippen LogP contribution in [-0.4, -0.2) is 0 Å². The SMILES string of the molecule is C=COC=C.C=Cc1cccc2ccccc12. The Hall–Kier alpha value is -2.28. The highest BCUT2D eigenvalue weighted by atomic mass is 16.5. The van der Waals surface area contributed by atoms with Crippen molar-refractivity contribution in [1.82, 2.24) is 0 Å². The fraction of sp³-hybridized carbons (Fsp3) is 0. The van der Waals surface area contributed by atoms with Crippen molar-refractivity contribution in [3.63, 3.8) is 0 Å². The van der Waals surface area contributed by atoms with Gasteiger partial charge in [-0.2, -0.15) is 0 Å². The minimum atomic E-state index is 1.20. The molecule has 0 aliphatic carbocycles. The Labute approximate surface area is 102 Å². The Morgan fingerprint density at radius 3 is 2.06 bits per heavy atom. The van der Waals surface area contributed by atoms with Crippen molar-refractivity contribution in [3.8, 4) is 0 Å². The van der Waals surface area contributed by atoms with Crippen LogP contribution in [0.4, 0.5) is 0 Å². The van der Waals surface area contributed by atoms with E-state index in [1.165, 1.54) is 28.9 Å². The van der Waals surface area contributed by atoms with Crippen LogP contribution in [0.3, 0.4) is 0 Å². The lowest BCUT2D eigenvalue weighted by Crippen LogP contribution is -1.75. The summed E-state index contributed by atoms with van der Waals surface area (Å²) in [6.45, 7) is 10.3. The Morgan fingerprint density at radius 2 is 1.47 bits per heavy atom. The van der Waals surface area contributed by atoms with E-state index in [2.05, 4.69) is 66.9 Å². The Bertz CT molecular complexity index is 500. The molecule has 0 aliphatic rings. The lowest BCUT2D eigenvalue weighted by molar-refractivity contribution is 0.406. The molecule has 0 unspecified atom stereocenters. The third kappa shape index (κ3) is 3.65. The zero-order valence-corrected chi connectivity index (χ0v) is 9.80. The number of hydrogen-bond acceptors (Lipinski definition) is 1. The van der Waals surface area contributed by atoms with E-state index < -0.39 is 0 Å². The van der Waals surface area contributed by atoms with Gasteiger partial charge in [-0.1, -0.05) is 68.3 Å². The molecule has 0 aliphatic heterocycles. The van der Waals surface area contributed by atoms with Gasteiger partial charge in [-0.3, -0.25) is 0 Å². The van der Waals surface area contributed by atoms with Gasteiger partial charge in [-0.15, -0.1) is 0 Å². The van der Waals surface area contributed by atoms with Crippen molar-refractivity contribution in [3.05, 3.63) is 80.3 Å². The third-order valence-corrected chi connectivity index (χ3v) is 2.24. The highest BCUT2D eigenvalue weighted by Crippen LogP contribution is 2.18. The van der Waals surface area contributed by atoms with Crippen LogP contribution in [0.2, 0.25) is 0 Å². The van der Waals surface area contributed by atoms with Crippen LogP contribution in [0.25, 0.3) is 16.8 Å². The normalized spacial score (nSPS) is 8.71.